The fourth-order valence-electron chi connectivity index (χ4n) is 1.07. The number of rotatable bonds is 4. The van der Waals surface area contributed by atoms with Crippen LogP contribution < -0.4 is 0 Å². The van der Waals surface area contributed by atoms with E-state index in [0.717, 1.165) is 18.3 Å². The first-order valence-electron chi connectivity index (χ1n) is 4.27. The minimum Gasteiger partial charge on any atom is -0.340 e. The topological polar surface area (TPSA) is 45.8 Å². The average Bonchev–Trinajstić information content (AvgIpc) is 2.84. The van der Waals surface area contributed by atoms with Crippen molar-refractivity contribution >= 4 is 60.7 Å². The normalized spacial score (nSPS) is 10.6. The van der Waals surface area contributed by atoms with Crippen LogP contribution in [0.1, 0.15) is 10.4 Å². The Hall–Kier alpha value is -0.110. The van der Waals surface area contributed by atoms with E-state index in [2.05, 4.69) is 41.8 Å². The van der Waals surface area contributed by atoms with Crippen molar-refractivity contribution in [3.63, 3.8) is 0 Å². The van der Waals surface area contributed by atoms with E-state index in [4.69, 9.17) is 0 Å². The van der Waals surface area contributed by atoms with Crippen LogP contribution >= 0.6 is 55.0 Å². The van der Waals surface area contributed by atoms with E-state index in [1.54, 1.807) is 12.4 Å². The van der Waals surface area contributed by atoms with Crippen LogP contribution in [0.4, 0.5) is 0 Å². The van der Waals surface area contributed by atoms with Crippen LogP contribution in [0.15, 0.2) is 31.2 Å². The van der Waals surface area contributed by atoms with Crippen molar-refractivity contribution < 1.29 is 4.79 Å². The van der Waals surface area contributed by atoms with Gasteiger partial charge in [-0.05, 0) is 37.9 Å². The maximum atomic E-state index is 11.9. The molecule has 0 bridgehead atoms. The van der Waals surface area contributed by atoms with Crippen LogP contribution in [-0.4, -0.2) is 21.5 Å². The molecular formula is C9H6Br2N2OS2. The number of carbonyl (C=O) groups excluding carboxylic acids is 1. The molecule has 0 saturated heterocycles. The molecule has 0 unspecified atom stereocenters. The Bertz CT molecular complexity index is 496. The summed E-state index contributed by atoms with van der Waals surface area (Å²) < 4.78 is 1.81. The predicted molar refractivity (Wildman–Crippen MR) is 73.4 cm³/mol. The molecule has 0 aromatic carbocycles. The molecular weight excluding hydrogens is 376 g/mol. The second-order valence-corrected chi connectivity index (χ2v) is 7.56. The minimum atomic E-state index is 0.0928. The number of aromatic amines is 1. The molecule has 0 saturated carbocycles. The van der Waals surface area contributed by atoms with Gasteiger partial charge in [0.25, 0.3) is 0 Å². The molecule has 7 heteroatoms. The van der Waals surface area contributed by atoms with Gasteiger partial charge in [-0.3, -0.25) is 4.79 Å². The van der Waals surface area contributed by atoms with Crippen molar-refractivity contribution in [3.05, 3.63) is 31.6 Å². The lowest BCUT2D eigenvalue weighted by Gasteiger charge is -1.97. The zero-order valence-corrected chi connectivity index (χ0v) is 12.7. The van der Waals surface area contributed by atoms with Gasteiger partial charge in [0, 0.05) is 18.0 Å². The lowest BCUT2D eigenvalue weighted by Crippen LogP contribution is -2.01. The summed E-state index contributed by atoms with van der Waals surface area (Å²) in [5.41, 5.74) is 0.718. The maximum absolute atomic E-state index is 11.9. The molecule has 0 amide bonds. The third-order valence-electron chi connectivity index (χ3n) is 1.77. The Kier molecular flexibility index (Phi) is 4.23. The molecule has 0 radical (unpaired) electrons. The van der Waals surface area contributed by atoms with E-state index >= 15 is 0 Å². The molecule has 0 aliphatic heterocycles. The standard InChI is InChI=1S/C9H6Br2N2OS2/c10-7-3-5(8(11)16-7)6(14)4-15-9-12-1-2-13-9/h1-3H,4H2,(H,12,13). The van der Waals surface area contributed by atoms with Gasteiger partial charge >= 0.3 is 0 Å². The van der Waals surface area contributed by atoms with Gasteiger partial charge in [-0.2, -0.15) is 0 Å². The van der Waals surface area contributed by atoms with Gasteiger partial charge < -0.3 is 4.98 Å². The van der Waals surface area contributed by atoms with Crippen LogP contribution in [-0.2, 0) is 0 Å². The molecule has 2 aromatic rings. The van der Waals surface area contributed by atoms with Crippen molar-refractivity contribution in [1.82, 2.24) is 9.97 Å². The van der Waals surface area contributed by atoms with E-state index in [1.807, 2.05) is 6.07 Å². The lowest BCUT2D eigenvalue weighted by atomic mass is 10.2. The van der Waals surface area contributed by atoms with E-state index in [0.29, 0.717) is 5.75 Å². The van der Waals surface area contributed by atoms with Gasteiger partial charge in [0.1, 0.15) is 0 Å². The number of hydrogen-bond donors (Lipinski definition) is 1. The monoisotopic (exact) mass is 380 g/mol. The first-order valence-corrected chi connectivity index (χ1v) is 7.66. The van der Waals surface area contributed by atoms with E-state index in [1.165, 1.54) is 23.1 Å². The molecule has 2 heterocycles. The van der Waals surface area contributed by atoms with Gasteiger partial charge in [-0.25, -0.2) is 4.98 Å². The number of halogens is 2. The minimum absolute atomic E-state index is 0.0928. The van der Waals surface area contributed by atoms with Crippen molar-refractivity contribution in [2.24, 2.45) is 0 Å². The largest absolute Gasteiger partial charge is 0.340 e. The molecule has 0 atom stereocenters. The third kappa shape index (κ3) is 2.97. The summed E-state index contributed by atoms with van der Waals surface area (Å²) >= 11 is 9.62. The van der Waals surface area contributed by atoms with Gasteiger partial charge in [0.15, 0.2) is 10.9 Å². The fourth-order valence-corrected chi connectivity index (χ4v) is 4.64. The highest BCUT2D eigenvalue weighted by Crippen LogP contribution is 2.32. The summed E-state index contributed by atoms with van der Waals surface area (Å²) in [6, 6.07) is 1.83. The summed E-state index contributed by atoms with van der Waals surface area (Å²) in [5, 5.41) is 0.763. The number of nitrogens with one attached hydrogen (secondary N) is 1. The second-order valence-electron chi connectivity index (χ2n) is 2.84. The molecule has 16 heavy (non-hydrogen) atoms. The van der Waals surface area contributed by atoms with E-state index < -0.39 is 0 Å². The van der Waals surface area contributed by atoms with Crippen LogP contribution in [0.2, 0.25) is 0 Å². The number of nitrogens with zero attached hydrogens (tertiary/aromatic N) is 1. The predicted octanol–water partition coefficient (Wildman–Crippen LogP) is 3.97. The Labute approximate surface area is 117 Å². The van der Waals surface area contributed by atoms with Gasteiger partial charge in [0.2, 0.25) is 0 Å². The van der Waals surface area contributed by atoms with Crippen LogP contribution in [0, 0.1) is 0 Å². The third-order valence-corrected chi connectivity index (χ3v) is 5.01. The molecule has 0 aliphatic rings. The SMILES string of the molecule is O=C(CSc1ncc[nH]1)c1cc(Br)sc1Br. The average molecular weight is 382 g/mol. The number of thiophene rings is 1. The number of imidazole rings is 1. The number of carbonyl (C=O) groups is 1. The highest BCUT2D eigenvalue weighted by Gasteiger charge is 2.14. The molecule has 0 aliphatic carbocycles. The molecule has 2 aromatic heterocycles. The first kappa shape index (κ1) is 12.3. The van der Waals surface area contributed by atoms with Crippen LogP contribution in [0.3, 0.4) is 0 Å². The number of aromatic nitrogens is 2. The fraction of sp³-hybridized carbons (Fsp3) is 0.111. The van der Waals surface area contributed by atoms with Crippen molar-refractivity contribution in [2.75, 3.05) is 5.75 Å². The number of Topliss-reactive ketones (excluding diaryl/α,β-unsaturated/α-hetero) is 1. The van der Waals surface area contributed by atoms with Crippen LogP contribution in [0.25, 0.3) is 0 Å². The summed E-state index contributed by atoms with van der Waals surface area (Å²) in [6.07, 6.45) is 3.41. The van der Waals surface area contributed by atoms with Gasteiger partial charge in [-0.15, -0.1) is 11.3 Å². The summed E-state index contributed by atoms with van der Waals surface area (Å²) in [4.78, 5) is 18.9. The lowest BCUT2D eigenvalue weighted by molar-refractivity contribution is 0.102. The van der Waals surface area contributed by atoms with E-state index in [-0.39, 0.29) is 5.78 Å². The zero-order chi connectivity index (χ0) is 11.5. The number of thioether (sulfide) groups is 1. The molecule has 1 N–H and O–H groups in total. The zero-order valence-electron chi connectivity index (χ0n) is 7.87. The number of hydrogen-bond acceptors (Lipinski definition) is 4. The second kappa shape index (κ2) is 5.48. The smallest absolute Gasteiger partial charge is 0.175 e. The molecule has 84 valence electrons. The molecule has 0 fully saturated rings. The Morgan fingerprint density at radius 2 is 2.38 bits per heavy atom. The molecule has 0 spiro atoms. The Morgan fingerprint density at radius 3 is 2.94 bits per heavy atom. The highest BCUT2D eigenvalue weighted by atomic mass is 79.9. The maximum Gasteiger partial charge on any atom is 0.175 e. The molecule has 2 rings (SSSR count). The Morgan fingerprint density at radius 1 is 1.56 bits per heavy atom. The van der Waals surface area contributed by atoms with Crippen molar-refractivity contribution in [2.45, 2.75) is 5.16 Å². The highest BCUT2D eigenvalue weighted by molar-refractivity contribution is 9.12. The summed E-state index contributed by atoms with van der Waals surface area (Å²) in [6.45, 7) is 0. The summed E-state index contributed by atoms with van der Waals surface area (Å²) in [5.74, 6) is 0.477. The summed E-state index contributed by atoms with van der Waals surface area (Å²) in [7, 11) is 0. The van der Waals surface area contributed by atoms with Crippen molar-refractivity contribution in [1.29, 1.82) is 0 Å². The quantitative estimate of drug-likeness (QED) is 0.643. The van der Waals surface area contributed by atoms with Gasteiger partial charge in [0.05, 0.1) is 13.3 Å². The van der Waals surface area contributed by atoms with Crippen molar-refractivity contribution in [3.8, 4) is 0 Å². The van der Waals surface area contributed by atoms with E-state index in [9.17, 15) is 4.79 Å². The molecule has 3 nitrogen and oxygen atoms in total. The number of ketones is 1. The first-order chi connectivity index (χ1) is 7.66. The Balaban J connectivity index is 2.01. The number of H-pyrrole nitrogens is 1. The van der Waals surface area contributed by atoms with Gasteiger partial charge in [-0.1, -0.05) is 11.8 Å². The van der Waals surface area contributed by atoms with Crippen LogP contribution in [0.5, 0.6) is 0 Å².